The van der Waals surface area contributed by atoms with E-state index in [0.717, 1.165) is 25.2 Å². The number of nitrogens with zero attached hydrogens (tertiary/aromatic N) is 2. The Labute approximate surface area is 101 Å². The molecular weight excluding hydrogens is 226 g/mol. The third-order valence-electron chi connectivity index (χ3n) is 2.94. The average Bonchev–Trinajstić information content (AvgIpc) is 2.30. The van der Waals surface area contributed by atoms with Crippen LogP contribution in [0.5, 0.6) is 5.88 Å². The molecule has 0 bridgehead atoms. The van der Waals surface area contributed by atoms with E-state index in [0.29, 0.717) is 10.9 Å². The Morgan fingerprint density at radius 1 is 1.62 bits per heavy atom. The summed E-state index contributed by atoms with van der Waals surface area (Å²) < 4.78 is 5.28. The van der Waals surface area contributed by atoms with Crippen molar-refractivity contribution < 1.29 is 4.74 Å². The van der Waals surface area contributed by atoms with Crippen molar-refractivity contribution in [1.82, 2.24) is 15.2 Å². The molecule has 0 radical (unpaired) electrons. The molecule has 1 aromatic rings. The summed E-state index contributed by atoms with van der Waals surface area (Å²) in [5.41, 5.74) is 0.973. The second-order valence-corrected chi connectivity index (χ2v) is 4.32. The highest BCUT2D eigenvalue weighted by molar-refractivity contribution is 6.31. The lowest BCUT2D eigenvalue weighted by molar-refractivity contribution is 0.197. The molecule has 0 aliphatic carbocycles. The number of halogens is 1. The summed E-state index contributed by atoms with van der Waals surface area (Å²) in [4.78, 5) is 6.47. The van der Waals surface area contributed by atoms with E-state index in [2.05, 4.69) is 22.2 Å². The predicted octanol–water partition coefficient (Wildman–Crippen LogP) is 1.32. The molecule has 4 nitrogen and oxygen atoms in total. The highest BCUT2D eigenvalue weighted by Crippen LogP contribution is 2.33. The van der Waals surface area contributed by atoms with Crippen LogP contribution in [0.3, 0.4) is 0 Å². The first-order valence-electron chi connectivity index (χ1n) is 5.33. The van der Waals surface area contributed by atoms with Gasteiger partial charge in [-0.2, -0.15) is 0 Å². The standard InChI is InChI=1S/C11H16ClN3O/c1-15-6-5-13-7-9(15)10-8(12)3-4-14-11(10)16-2/h3-4,9,13H,5-7H2,1-2H3. The predicted molar refractivity (Wildman–Crippen MR) is 64.0 cm³/mol. The first kappa shape index (κ1) is 11.6. The first-order chi connectivity index (χ1) is 7.74. The van der Waals surface area contributed by atoms with Crippen LogP contribution in [0.25, 0.3) is 0 Å². The molecule has 5 heteroatoms. The van der Waals surface area contributed by atoms with E-state index < -0.39 is 0 Å². The molecule has 1 saturated heterocycles. The number of methoxy groups -OCH3 is 1. The molecule has 0 aromatic carbocycles. The second kappa shape index (κ2) is 4.99. The molecule has 1 fully saturated rings. The number of hydrogen-bond donors (Lipinski definition) is 1. The molecular formula is C11H16ClN3O. The molecule has 0 spiro atoms. The Kier molecular flexibility index (Phi) is 3.63. The molecule has 1 N–H and O–H groups in total. The van der Waals surface area contributed by atoms with E-state index in [4.69, 9.17) is 16.3 Å². The van der Waals surface area contributed by atoms with Gasteiger partial charge in [-0.25, -0.2) is 4.98 Å². The summed E-state index contributed by atoms with van der Waals surface area (Å²) >= 11 is 6.23. The van der Waals surface area contributed by atoms with E-state index in [1.807, 2.05) is 6.07 Å². The SMILES string of the molecule is COc1nccc(Cl)c1C1CNCCN1C. The molecule has 88 valence electrons. The van der Waals surface area contributed by atoms with Crippen LogP contribution in [0.4, 0.5) is 0 Å². The highest BCUT2D eigenvalue weighted by Gasteiger charge is 2.26. The number of piperazine rings is 1. The fraction of sp³-hybridized carbons (Fsp3) is 0.545. The summed E-state index contributed by atoms with van der Waals surface area (Å²) in [5.74, 6) is 0.619. The number of hydrogen-bond acceptors (Lipinski definition) is 4. The van der Waals surface area contributed by atoms with Crippen LogP contribution in [-0.4, -0.2) is 43.7 Å². The lowest BCUT2D eigenvalue weighted by Crippen LogP contribution is -2.44. The van der Waals surface area contributed by atoms with Gasteiger partial charge in [0, 0.05) is 25.8 Å². The number of ether oxygens (including phenoxy) is 1. The molecule has 2 heterocycles. The Balaban J connectivity index is 2.37. The maximum Gasteiger partial charge on any atom is 0.219 e. The fourth-order valence-corrected chi connectivity index (χ4v) is 2.29. The number of rotatable bonds is 2. The van der Waals surface area contributed by atoms with Crippen molar-refractivity contribution >= 4 is 11.6 Å². The largest absolute Gasteiger partial charge is 0.481 e. The van der Waals surface area contributed by atoms with Crippen molar-refractivity contribution in [2.45, 2.75) is 6.04 Å². The van der Waals surface area contributed by atoms with Crippen molar-refractivity contribution in [3.8, 4) is 5.88 Å². The van der Waals surface area contributed by atoms with Crippen molar-refractivity contribution in [3.63, 3.8) is 0 Å². The van der Waals surface area contributed by atoms with Crippen LogP contribution in [0, 0.1) is 0 Å². The Bertz CT molecular complexity index is 372. The third-order valence-corrected chi connectivity index (χ3v) is 3.27. The number of nitrogens with one attached hydrogen (secondary N) is 1. The van der Waals surface area contributed by atoms with Gasteiger partial charge in [0.15, 0.2) is 0 Å². The number of likely N-dealkylation sites (N-methyl/N-ethyl adjacent to an activating group) is 1. The van der Waals surface area contributed by atoms with Gasteiger partial charge in [0.05, 0.1) is 23.7 Å². The summed E-state index contributed by atoms with van der Waals surface area (Å²) in [6, 6.07) is 2.03. The molecule has 1 aliphatic rings. The lowest BCUT2D eigenvalue weighted by atomic mass is 10.1. The van der Waals surface area contributed by atoms with Crippen LogP contribution in [0.1, 0.15) is 11.6 Å². The van der Waals surface area contributed by atoms with Gasteiger partial charge in [-0.3, -0.25) is 4.90 Å². The van der Waals surface area contributed by atoms with Crippen LogP contribution < -0.4 is 10.1 Å². The minimum absolute atomic E-state index is 0.227. The summed E-state index contributed by atoms with van der Waals surface area (Å²) in [7, 11) is 3.71. The molecule has 1 unspecified atom stereocenters. The van der Waals surface area contributed by atoms with Gasteiger partial charge in [-0.15, -0.1) is 0 Å². The third kappa shape index (κ3) is 2.14. The zero-order valence-electron chi connectivity index (χ0n) is 9.53. The van der Waals surface area contributed by atoms with E-state index in [-0.39, 0.29) is 6.04 Å². The van der Waals surface area contributed by atoms with Gasteiger partial charge in [0.25, 0.3) is 0 Å². The summed E-state index contributed by atoms with van der Waals surface area (Å²) in [6.07, 6.45) is 1.67. The molecule has 2 rings (SSSR count). The maximum absolute atomic E-state index is 6.23. The minimum Gasteiger partial charge on any atom is -0.481 e. The first-order valence-corrected chi connectivity index (χ1v) is 5.71. The molecule has 1 aromatic heterocycles. The highest BCUT2D eigenvalue weighted by atomic mass is 35.5. The number of pyridine rings is 1. The van der Waals surface area contributed by atoms with E-state index in [1.165, 1.54) is 0 Å². The van der Waals surface area contributed by atoms with Gasteiger partial charge < -0.3 is 10.1 Å². The Morgan fingerprint density at radius 3 is 3.12 bits per heavy atom. The minimum atomic E-state index is 0.227. The second-order valence-electron chi connectivity index (χ2n) is 3.92. The Morgan fingerprint density at radius 2 is 2.44 bits per heavy atom. The van der Waals surface area contributed by atoms with Crippen molar-refractivity contribution in [2.24, 2.45) is 0 Å². The average molecular weight is 242 g/mol. The quantitative estimate of drug-likeness (QED) is 0.848. The van der Waals surface area contributed by atoms with E-state index in [1.54, 1.807) is 13.3 Å². The van der Waals surface area contributed by atoms with Gasteiger partial charge in [-0.05, 0) is 13.1 Å². The molecule has 1 atom stereocenters. The van der Waals surface area contributed by atoms with Gasteiger partial charge >= 0.3 is 0 Å². The lowest BCUT2D eigenvalue weighted by Gasteiger charge is -2.34. The summed E-state index contributed by atoms with van der Waals surface area (Å²) in [6.45, 7) is 2.88. The van der Waals surface area contributed by atoms with Crippen molar-refractivity contribution in [3.05, 3.63) is 22.8 Å². The zero-order chi connectivity index (χ0) is 11.5. The van der Waals surface area contributed by atoms with E-state index in [9.17, 15) is 0 Å². The monoisotopic (exact) mass is 241 g/mol. The topological polar surface area (TPSA) is 37.4 Å². The Hall–Kier alpha value is -0.840. The van der Waals surface area contributed by atoms with Crippen molar-refractivity contribution in [2.75, 3.05) is 33.8 Å². The molecule has 1 aliphatic heterocycles. The maximum atomic E-state index is 6.23. The smallest absolute Gasteiger partial charge is 0.219 e. The van der Waals surface area contributed by atoms with Gasteiger partial charge in [0.2, 0.25) is 5.88 Å². The van der Waals surface area contributed by atoms with Crippen LogP contribution in [0.2, 0.25) is 5.02 Å². The molecule has 0 amide bonds. The molecule has 0 saturated carbocycles. The van der Waals surface area contributed by atoms with E-state index >= 15 is 0 Å². The fourth-order valence-electron chi connectivity index (χ4n) is 2.02. The molecule has 16 heavy (non-hydrogen) atoms. The zero-order valence-corrected chi connectivity index (χ0v) is 10.3. The van der Waals surface area contributed by atoms with Crippen LogP contribution in [-0.2, 0) is 0 Å². The summed E-state index contributed by atoms with van der Waals surface area (Å²) in [5, 5.41) is 4.07. The van der Waals surface area contributed by atoms with Gasteiger partial charge in [-0.1, -0.05) is 11.6 Å². The van der Waals surface area contributed by atoms with Gasteiger partial charge in [0.1, 0.15) is 0 Å². The normalized spacial score (nSPS) is 22.1. The van der Waals surface area contributed by atoms with Crippen LogP contribution in [0.15, 0.2) is 12.3 Å². The number of aromatic nitrogens is 1. The van der Waals surface area contributed by atoms with Crippen LogP contribution >= 0.6 is 11.6 Å². The van der Waals surface area contributed by atoms with Crippen molar-refractivity contribution in [1.29, 1.82) is 0 Å².